The van der Waals surface area contributed by atoms with E-state index in [1.807, 2.05) is 0 Å². The molecule has 0 amide bonds. The van der Waals surface area contributed by atoms with Crippen LogP contribution in [0.5, 0.6) is 0 Å². The lowest BCUT2D eigenvalue weighted by atomic mass is 10.1. The zero-order chi connectivity index (χ0) is 15.2. The Morgan fingerprint density at radius 1 is 1.00 bits per heavy atom. The van der Waals surface area contributed by atoms with Crippen LogP contribution in [0.4, 0.5) is 11.4 Å². The lowest BCUT2D eigenvalue weighted by Crippen LogP contribution is -2.36. The van der Waals surface area contributed by atoms with E-state index in [0.29, 0.717) is 0 Å². The Morgan fingerprint density at radius 3 is 2.50 bits per heavy atom. The topological polar surface area (TPSA) is 41.7 Å². The van der Waals surface area contributed by atoms with Crippen molar-refractivity contribution in [3.05, 3.63) is 23.8 Å². The van der Waals surface area contributed by atoms with E-state index >= 15 is 0 Å². The second-order valence-corrected chi connectivity index (χ2v) is 6.50. The number of nitrogens with zero attached hydrogens (tertiary/aromatic N) is 2. The molecule has 1 aromatic rings. The first-order valence-electron chi connectivity index (χ1n) is 8.76. The van der Waals surface area contributed by atoms with Crippen LogP contribution in [0.1, 0.15) is 31.2 Å². The maximum Gasteiger partial charge on any atom is 0.0600 e. The molecule has 0 saturated carbocycles. The van der Waals surface area contributed by atoms with Crippen LogP contribution in [-0.4, -0.2) is 50.8 Å². The summed E-state index contributed by atoms with van der Waals surface area (Å²) in [4.78, 5) is 4.94. The van der Waals surface area contributed by atoms with Gasteiger partial charge in [-0.2, -0.15) is 0 Å². The molecular formula is C18H29N3O. The minimum absolute atomic E-state index is 0.886. The van der Waals surface area contributed by atoms with Gasteiger partial charge in [-0.15, -0.1) is 0 Å². The number of morpholine rings is 1. The van der Waals surface area contributed by atoms with Gasteiger partial charge in [-0.3, -0.25) is 4.90 Å². The van der Waals surface area contributed by atoms with Crippen LogP contribution in [0.15, 0.2) is 18.2 Å². The maximum atomic E-state index is 6.30. The second-order valence-electron chi connectivity index (χ2n) is 6.50. The van der Waals surface area contributed by atoms with Gasteiger partial charge in [0, 0.05) is 26.2 Å². The average molecular weight is 303 g/mol. The molecule has 2 aliphatic rings. The zero-order valence-electron chi connectivity index (χ0n) is 13.6. The molecule has 0 atom stereocenters. The summed E-state index contributed by atoms with van der Waals surface area (Å²) in [6.07, 6.45) is 6.25. The van der Waals surface area contributed by atoms with Gasteiger partial charge in [-0.25, -0.2) is 0 Å². The molecule has 0 radical (unpaired) electrons. The van der Waals surface area contributed by atoms with Crippen molar-refractivity contribution in [2.75, 3.05) is 56.6 Å². The first-order valence-corrected chi connectivity index (χ1v) is 8.76. The number of aryl methyl sites for hydroxylation is 1. The summed E-state index contributed by atoms with van der Waals surface area (Å²) in [5.41, 5.74) is 9.85. The number of hydrogen-bond acceptors (Lipinski definition) is 4. The lowest BCUT2D eigenvalue weighted by molar-refractivity contribution is 0.0375. The van der Waals surface area contributed by atoms with E-state index in [-0.39, 0.29) is 0 Å². The summed E-state index contributed by atoms with van der Waals surface area (Å²) in [5.74, 6) is 0. The summed E-state index contributed by atoms with van der Waals surface area (Å²) in [5, 5.41) is 0. The quantitative estimate of drug-likeness (QED) is 0.849. The van der Waals surface area contributed by atoms with Gasteiger partial charge >= 0.3 is 0 Å². The molecular weight excluding hydrogens is 274 g/mol. The van der Waals surface area contributed by atoms with Crippen LogP contribution >= 0.6 is 0 Å². The van der Waals surface area contributed by atoms with Gasteiger partial charge in [-0.05, 0) is 56.3 Å². The van der Waals surface area contributed by atoms with Crippen molar-refractivity contribution >= 4 is 11.4 Å². The maximum absolute atomic E-state index is 6.30. The summed E-state index contributed by atoms with van der Waals surface area (Å²) < 4.78 is 5.39. The molecule has 0 spiro atoms. The zero-order valence-corrected chi connectivity index (χ0v) is 13.6. The van der Waals surface area contributed by atoms with E-state index in [9.17, 15) is 0 Å². The Morgan fingerprint density at radius 2 is 1.77 bits per heavy atom. The number of nitrogen functional groups attached to an aromatic ring is 1. The predicted molar refractivity (Wildman–Crippen MR) is 92.5 cm³/mol. The Kier molecular flexibility index (Phi) is 5.57. The molecule has 4 nitrogen and oxygen atoms in total. The fourth-order valence-electron chi connectivity index (χ4n) is 3.51. The van der Waals surface area contributed by atoms with Crippen molar-refractivity contribution in [3.8, 4) is 0 Å². The average Bonchev–Trinajstić information content (AvgIpc) is 2.57. The van der Waals surface area contributed by atoms with Crippen molar-refractivity contribution in [3.63, 3.8) is 0 Å². The summed E-state index contributed by atoms with van der Waals surface area (Å²) in [7, 11) is 0. The second kappa shape index (κ2) is 7.84. The molecule has 2 aliphatic heterocycles. The number of anilines is 2. The number of hydrogen-bond donors (Lipinski definition) is 1. The fourth-order valence-corrected chi connectivity index (χ4v) is 3.51. The first-order chi connectivity index (χ1) is 10.8. The van der Waals surface area contributed by atoms with E-state index in [2.05, 4.69) is 28.0 Å². The van der Waals surface area contributed by atoms with Gasteiger partial charge in [0.1, 0.15) is 0 Å². The largest absolute Gasteiger partial charge is 0.397 e. The highest BCUT2D eigenvalue weighted by Crippen LogP contribution is 2.27. The molecule has 0 unspecified atom stereocenters. The molecule has 2 saturated heterocycles. The van der Waals surface area contributed by atoms with Gasteiger partial charge in [0.15, 0.2) is 0 Å². The molecule has 4 heteroatoms. The summed E-state index contributed by atoms with van der Waals surface area (Å²) in [6.45, 7) is 7.40. The van der Waals surface area contributed by atoms with E-state index in [1.54, 1.807) is 0 Å². The molecule has 122 valence electrons. The Bertz CT molecular complexity index is 465. The highest BCUT2D eigenvalue weighted by molar-refractivity contribution is 5.68. The molecule has 0 aromatic heterocycles. The molecule has 2 N–H and O–H groups in total. The van der Waals surface area contributed by atoms with Crippen LogP contribution < -0.4 is 10.6 Å². The third-order valence-electron chi connectivity index (χ3n) is 4.83. The van der Waals surface area contributed by atoms with Gasteiger partial charge in [0.25, 0.3) is 0 Å². The third kappa shape index (κ3) is 4.14. The molecule has 2 heterocycles. The SMILES string of the molecule is Nc1cc(CCCN2CCOCC2)ccc1N1CCCCC1. The lowest BCUT2D eigenvalue weighted by Gasteiger charge is -2.30. The Hall–Kier alpha value is -1.26. The van der Waals surface area contributed by atoms with Crippen molar-refractivity contribution in [2.24, 2.45) is 0 Å². The molecule has 3 rings (SSSR count). The van der Waals surface area contributed by atoms with E-state index in [4.69, 9.17) is 10.5 Å². The summed E-state index contributed by atoms with van der Waals surface area (Å²) in [6, 6.07) is 6.67. The number of rotatable bonds is 5. The number of ether oxygens (including phenoxy) is 1. The molecule has 1 aromatic carbocycles. The fraction of sp³-hybridized carbons (Fsp3) is 0.667. The standard InChI is InChI=1S/C18H29N3O/c19-17-15-16(5-4-8-20-11-13-22-14-12-20)6-7-18(17)21-9-2-1-3-10-21/h6-7,15H,1-5,8-14,19H2. The van der Waals surface area contributed by atoms with E-state index in [1.165, 1.54) is 36.9 Å². The van der Waals surface area contributed by atoms with Crippen molar-refractivity contribution in [1.29, 1.82) is 0 Å². The van der Waals surface area contributed by atoms with Gasteiger partial charge in [0.05, 0.1) is 24.6 Å². The number of piperidine rings is 1. The van der Waals surface area contributed by atoms with Gasteiger partial charge < -0.3 is 15.4 Å². The molecule has 2 fully saturated rings. The van der Waals surface area contributed by atoms with Crippen LogP contribution in [0.2, 0.25) is 0 Å². The van der Waals surface area contributed by atoms with Gasteiger partial charge in [0.2, 0.25) is 0 Å². The van der Waals surface area contributed by atoms with Crippen molar-refractivity contribution in [1.82, 2.24) is 4.90 Å². The van der Waals surface area contributed by atoms with E-state index < -0.39 is 0 Å². The Labute approximate surface area is 134 Å². The smallest absolute Gasteiger partial charge is 0.0600 e. The van der Waals surface area contributed by atoms with Crippen LogP contribution in [0.3, 0.4) is 0 Å². The van der Waals surface area contributed by atoms with Crippen LogP contribution in [0, 0.1) is 0 Å². The Balaban J connectivity index is 1.50. The van der Waals surface area contributed by atoms with Crippen LogP contribution in [-0.2, 0) is 11.2 Å². The van der Waals surface area contributed by atoms with Crippen LogP contribution in [0.25, 0.3) is 0 Å². The normalized spacial score (nSPS) is 20.3. The van der Waals surface area contributed by atoms with E-state index in [0.717, 1.165) is 58.0 Å². The summed E-state index contributed by atoms with van der Waals surface area (Å²) >= 11 is 0. The van der Waals surface area contributed by atoms with Crippen molar-refractivity contribution < 1.29 is 4.74 Å². The monoisotopic (exact) mass is 303 g/mol. The van der Waals surface area contributed by atoms with Crippen molar-refractivity contribution in [2.45, 2.75) is 32.1 Å². The first kappa shape index (κ1) is 15.6. The molecule has 0 bridgehead atoms. The van der Waals surface area contributed by atoms with Gasteiger partial charge in [-0.1, -0.05) is 6.07 Å². The highest BCUT2D eigenvalue weighted by atomic mass is 16.5. The molecule has 22 heavy (non-hydrogen) atoms. The predicted octanol–water partition coefficient (Wildman–Crippen LogP) is 2.52. The number of nitrogens with two attached hydrogens (primary N) is 1. The third-order valence-corrected chi connectivity index (χ3v) is 4.83. The highest BCUT2D eigenvalue weighted by Gasteiger charge is 2.14. The molecule has 0 aliphatic carbocycles. The minimum atomic E-state index is 0.886. The minimum Gasteiger partial charge on any atom is -0.397 e. The number of benzene rings is 1.